The Hall–Kier alpha value is -3.07. The Bertz CT molecular complexity index is 906. The average molecular weight is 434 g/mol. The predicted molar refractivity (Wildman–Crippen MR) is 111 cm³/mol. The first-order valence-corrected chi connectivity index (χ1v) is 10.6. The molecular formula is C21H24FN3O4S. The van der Waals surface area contributed by atoms with Crippen LogP contribution in [0.5, 0.6) is 0 Å². The van der Waals surface area contributed by atoms with E-state index in [0.717, 1.165) is 0 Å². The van der Waals surface area contributed by atoms with Crippen LogP contribution in [0.2, 0.25) is 0 Å². The van der Waals surface area contributed by atoms with Gasteiger partial charge in [-0.3, -0.25) is 18.6 Å². The Morgan fingerprint density at radius 2 is 1.63 bits per heavy atom. The summed E-state index contributed by atoms with van der Waals surface area (Å²) in [5.74, 6) is -2.10. The molecule has 2 aromatic rings. The van der Waals surface area contributed by atoms with E-state index in [0.29, 0.717) is 10.5 Å². The lowest BCUT2D eigenvalue weighted by Crippen LogP contribution is -2.53. The average Bonchev–Trinajstić information content (AvgIpc) is 2.71. The number of primary amides is 1. The molecule has 0 aliphatic rings. The zero-order valence-electron chi connectivity index (χ0n) is 16.5. The molecule has 9 heteroatoms. The maximum Gasteiger partial charge on any atom is 0.243 e. The molecule has 30 heavy (non-hydrogen) atoms. The molecular weight excluding hydrogens is 409 g/mol. The molecule has 2 rings (SSSR count). The van der Waals surface area contributed by atoms with Gasteiger partial charge in [-0.15, -0.1) is 0 Å². The summed E-state index contributed by atoms with van der Waals surface area (Å²) in [5.41, 5.74) is 6.03. The number of hydrogen-bond donors (Lipinski definition) is 3. The SMILES string of the molecule is CC(=O)N[C@@H](Cc1ccc(F)cc1)C(=O)N[C@H](CC[S@](=O)c1ccccc1)C(N)=O. The molecule has 0 saturated heterocycles. The Morgan fingerprint density at radius 3 is 2.20 bits per heavy atom. The highest BCUT2D eigenvalue weighted by atomic mass is 32.2. The fourth-order valence-electron chi connectivity index (χ4n) is 2.78. The molecule has 0 spiro atoms. The number of halogens is 1. The van der Waals surface area contributed by atoms with Gasteiger partial charge in [0.05, 0.1) is 10.8 Å². The van der Waals surface area contributed by atoms with Crippen LogP contribution in [-0.4, -0.2) is 39.8 Å². The maximum atomic E-state index is 13.1. The van der Waals surface area contributed by atoms with Gasteiger partial charge < -0.3 is 16.4 Å². The second-order valence-electron chi connectivity index (χ2n) is 6.70. The van der Waals surface area contributed by atoms with Crippen LogP contribution in [0.3, 0.4) is 0 Å². The van der Waals surface area contributed by atoms with E-state index in [9.17, 15) is 23.0 Å². The molecule has 4 N–H and O–H groups in total. The molecule has 160 valence electrons. The Labute approximate surface area is 176 Å². The summed E-state index contributed by atoms with van der Waals surface area (Å²) < 4.78 is 25.5. The van der Waals surface area contributed by atoms with Gasteiger partial charge in [-0.1, -0.05) is 30.3 Å². The number of nitrogens with one attached hydrogen (secondary N) is 2. The molecule has 0 fully saturated rings. The van der Waals surface area contributed by atoms with E-state index in [2.05, 4.69) is 10.6 Å². The largest absolute Gasteiger partial charge is 0.368 e. The summed E-state index contributed by atoms with van der Waals surface area (Å²) in [5, 5.41) is 5.04. The molecule has 2 aromatic carbocycles. The molecule has 3 amide bonds. The van der Waals surface area contributed by atoms with Crippen molar-refractivity contribution < 1.29 is 23.0 Å². The smallest absolute Gasteiger partial charge is 0.243 e. The van der Waals surface area contributed by atoms with Crippen molar-refractivity contribution in [2.24, 2.45) is 5.73 Å². The van der Waals surface area contributed by atoms with Crippen LogP contribution in [0.15, 0.2) is 59.5 Å². The third-order valence-corrected chi connectivity index (χ3v) is 5.71. The summed E-state index contributed by atoms with van der Waals surface area (Å²) in [6.45, 7) is 1.26. The lowest BCUT2D eigenvalue weighted by atomic mass is 10.0. The Balaban J connectivity index is 2.03. The van der Waals surface area contributed by atoms with Crippen LogP contribution in [0.4, 0.5) is 4.39 Å². The molecule has 0 unspecified atom stereocenters. The predicted octanol–water partition coefficient (Wildman–Crippen LogP) is 1.04. The second-order valence-corrected chi connectivity index (χ2v) is 8.27. The van der Waals surface area contributed by atoms with E-state index >= 15 is 0 Å². The van der Waals surface area contributed by atoms with Crippen molar-refractivity contribution in [1.82, 2.24) is 10.6 Å². The summed E-state index contributed by atoms with van der Waals surface area (Å²) in [4.78, 5) is 36.6. The molecule has 0 aromatic heterocycles. The molecule has 0 bridgehead atoms. The Kier molecular flexibility index (Phi) is 8.67. The fourth-order valence-corrected chi connectivity index (χ4v) is 3.93. The lowest BCUT2D eigenvalue weighted by Gasteiger charge is -2.21. The molecule has 0 heterocycles. The fraction of sp³-hybridized carbons (Fsp3) is 0.286. The number of carbonyl (C=O) groups is 3. The summed E-state index contributed by atoms with van der Waals surface area (Å²) in [7, 11) is -1.35. The highest BCUT2D eigenvalue weighted by Gasteiger charge is 2.25. The van der Waals surface area contributed by atoms with E-state index in [-0.39, 0.29) is 18.6 Å². The highest BCUT2D eigenvalue weighted by molar-refractivity contribution is 7.85. The van der Waals surface area contributed by atoms with Crippen molar-refractivity contribution in [3.05, 3.63) is 66.0 Å². The summed E-state index contributed by atoms with van der Waals surface area (Å²) in [6, 6.07) is 12.2. The van der Waals surface area contributed by atoms with Crippen LogP contribution in [0.1, 0.15) is 18.9 Å². The Morgan fingerprint density at radius 1 is 1.00 bits per heavy atom. The van der Waals surface area contributed by atoms with Crippen LogP contribution < -0.4 is 16.4 Å². The summed E-state index contributed by atoms with van der Waals surface area (Å²) >= 11 is 0. The van der Waals surface area contributed by atoms with E-state index in [1.54, 1.807) is 30.3 Å². The molecule has 0 saturated carbocycles. The van der Waals surface area contributed by atoms with E-state index < -0.39 is 46.4 Å². The van der Waals surface area contributed by atoms with Gasteiger partial charge in [0.25, 0.3) is 0 Å². The number of benzene rings is 2. The molecule has 0 aliphatic heterocycles. The van der Waals surface area contributed by atoms with E-state index in [1.165, 1.54) is 31.2 Å². The van der Waals surface area contributed by atoms with Gasteiger partial charge >= 0.3 is 0 Å². The van der Waals surface area contributed by atoms with Crippen molar-refractivity contribution in [1.29, 1.82) is 0 Å². The van der Waals surface area contributed by atoms with Gasteiger partial charge in [0.1, 0.15) is 17.9 Å². The number of nitrogens with two attached hydrogens (primary N) is 1. The molecule has 7 nitrogen and oxygen atoms in total. The monoisotopic (exact) mass is 433 g/mol. The van der Waals surface area contributed by atoms with Crippen molar-refractivity contribution >= 4 is 28.5 Å². The first-order valence-electron chi connectivity index (χ1n) is 9.31. The molecule has 3 atom stereocenters. The van der Waals surface area contributed by atoms with Gasteiger partial charge in [-0.2, -0.15) is 0 Å². The normalized spacial score (nSPS) is 13.7. The molecule has 0 radical (unpaired) electrons. The molecule has 0 aliphatic carbocycles. The first kappa shape index (κ1) is 23.2. The standard InChI is InChI=1S/C21H24FN3O4S/c1-14(26)24-19(13-15-7-9-16(22)10-8-15)21(28)25-18(20(23)27)11-12-30(29)17-5-3-2-4-6-17/h2-10,18-19H,11-13H2,1H3,(H2,23,27)(H,24,26)(H,25,28)/t18-,19+,30+/m1/s1. The topological polar surface area (TPSA) is 118 Å². The third-order valence-electron chi connectivity index (χ3n) is 4.31. The van der Waals surface area contributed by atoms with Crippen molar-refractivity contribution in [3.8, 4) is 0 Å². The van der Waals surface area contributed by atoms with Crippen LogP contribution in [0.25, 0.3) is 0 Å². The maximum absolute atomic E-state index is 13.1. The zero-order valence-corrected chi connectivity index (χ0v) is 17.3. The van der Waals surface area contributed by atoms with Gasteiger partial charge in [0.15, 0.2) is 0 Å². The third kappa shape index (κ3) is 7.40. The second kappa shape index (κ2) is 11.2. The van der Waals surface area contributed by atoms with Gasteiger partial charge in [0, 0.05) is 24.0 Å². The van der Waals surface area contributed by atoms with Gasteiger partial charge in [0.2, 0.25) is 17.7 Å². The van der Waals surface area contributed by atoms with Gasteiger partial charge in [-0.25, -0.2) is 4.39 Å². The minimum Gasteiger partial charge on any atom is -0.368 e. The summed E-state index contributed by atoms with van der Waals surface area (Å²) in [6.07, 6.45) is 0.180. The number of hydrogen-bond acceptors (Lipinski definition) is 4. The van der Waals surface area contributed by atoms with Crippen LogP contribution in [-0.2, 0) is 31.6 Å². The minimum absolute atomic E-state index is 0.0753. The number of carbonyl (C=O) groups excluding carboxylic acids is 3. The van der Waals surface area contributed by atoms with Crippen molar-refractivity contribution in [3.63, 3.8) is 0 Å². The van der Waals surface area contributed by atoms with Crippen LogP contribution >= 0.6 is 0 Å². The van der Waals surface area contributed by atoms with Crippen LogP contribution in [0, 0.1) is 5.82 Å². The highest BCUT2D eigenvalue weighted by Crippen LogP contribution is 2.09. The van der Waals surface area contributed by atoms with E-state index in [1.807, 2.05) is 0 Å². The van der Waals surface area contributed by atoms with Crippen molar-refractivity contribution in [2.75, 3.05) is 5.75 Å². The minimum atomic E-state index is -1.35. The number of rotatable bonds is 10. The zero-order chi connectivity index (χ0) is 22.1. The first-order chi connectivity index (χ1) is 14.3. The lowest BCUT2D eigenvalue weighted by molar-refractivity contribution is -0.130. The quantitative estimate of drug-likeness (QED) is 0.519. The van der Waals surface area contributed by atoms with Gasteiger partial charge in [-0.05, 0) is 36.2 Å². The van der Waals surface area contributed by atoms with Crippen molar-refractivity contribution in [2.45, 2.75) is 36.7 Å². The number of amides is 3. The van der Waals surface area contributed by atoms with E-state index in [4.69, 9.17) is 5.73 Å².